The molecule has 2 aromatic heterocycles. The van der Waals surface area contributed by atoms with E-state index >= 15 is 0 Å². The summed E-state index contributed by atoms with van der Waals surface area (Å²) in [5.41, 5.74) is 2.72. The summed E-state index contributed by atoms with van der Waals surface area (Å²) in [5, 5.41) is 1.79. The van der Waals surface area contributed by atoms with E-state index in [0.717, 1.165) is 16.5 Å². The molecule has 0 aliphatic carbocycles. The molecule has 0 bridgehead atoms. The Morgan fingerprint density at radius 2 is 2.06 bits per heavy atom. The van der Waals surface area contributed by atoms with Crippen LogP contribution in [0.3, 0.4) is 0 Å². The van der Waals surface area contributed by atoms with Crippen molar-refractivity contribution in [2.24, 2.45) is 0 Å². The lowest BCUT2D eigenvalue weighted by Crippen LogP contribution is -2.37. The Labute approximate surface area is 177 Å². The van der Waals surface area contributed by atoms with Crippen LogP contribution in [0.4, 0.5) is 4.39 Å². The highest BCUT2D eigenvalue weighted by molar-refractivity contribution is 5.98. The first kappa shape index (κ1) is 19.4. The SMILES string of the molecule is Cc1cc2c(=O)[nH]c3c(c2cc1F)C(N(C)C(=O)c1ccc2ncccc2c1)COC3. The Balaban J connectivity index is 1.61. The molecule has 3 heterocycles. The molecule has 7 heteroatoms. The topological polar surface area (TPSA) is 75.3 Å². The number of benzene rings is 2. The molecule has 6 nitrogen and oxygen atoms in total. The fraction of sp³-hybridized carbons (Fsp3) is 0.208. The lowest BCUT2D eigenvalue weighted by Gasteiger charge is -2.34. The first-order valence-corrected chi connectivity index (χ1v) is 9.98. The van der Waals surface area contributed by atoms with Crippen LogP contribution in [0.1, 0.15) is 33.2 Å². The molecule has 1 aliphatic heterocycles. The first-order valence-electron chi connectivity index (χ1n) is 9.98. The molecule has 5 rings (SSSR count). The second-order valence-corrected chi connectivity index (χ2v) is 7.85. The number of aryl methyl sites for hydroxylation is 1. The van der Waals surface area contributed by atoms with Gasteiger partial charge in [-0.05, 0) is 54.3 Å². The summed E-state index contributed by atoms with van der Waals surface area (Å²) >= 11 is 0. The van der Waals surface area contributed by atoms with E-state index in [9.17, 15) is 14.0 Å². The first-order chi connectivity index (χ1) is 14.9. The number of aromatic nitrogens is 2. The van der Waals surface area contributed by atoms with Gasteiger partial charge in [-0.2, -0.15) is 0 Å². The average Bonchev–Trinajstić information content (AvgIpc) is 2.78. The van der Waals surface area contributed by atoms with Gasteiger partial charge in [0.15, 0.2) is 0 Å². The number of pyridine rings is 2. The molecule has 0 fully saturated rings. The Morgan fingerprint density at radius 1 is 1.23 bits per heavy atom. The van der Waals surface area contributed by atoms with E-state index in [1.807, 2.05) is 18.2 Å². The van der Waals surface area contributed by atoms with Crippen molar-refractivity contribution in [1.82, 2.24) is 14.9 Å². The molecule has 1 N–H and O–H groups in total. The Bertz CT molecular complexity index is 1410. The van der Waals surface area contributed by atoms with Gasteiger partial charge in [0.1, 0.15) is 5.82 Å². The second-order valence-electron chi connectivity index (χ2n) is 7.85. The number of halogens is 1. The van der Waals surface area contributed by atoms with Crippen LogP contribution in [0.5, 0.6) is 0 Å². The summed E-state index contributed by atoms with van der Waals surface area (Å²) in [6.45, 7) is 2.08. The Morgan fingerprint density at radius 3 is 2.90 bits per heavy atom. The summed E-state index contributed by atoms with van der Waals surface area (Å²) in [6, 6.07) is 11.6. The predicted octanol–water partition coefficient (Wildman–Crippen LogP) is 3.87. The molecule has 0 saturated heterocycles. The quantitative estimate of drug-likeness (QED) is 0.537. The lowest BCUT2D eigenvalue weighted by atomic mass is 9.94. The van der Waals surface area contributed by atoms with Gasteiger partial charge in [-0.1, -0.05) is 6.07 Å². The van der Waals surface area contributed by atoms with Crippen LogP contribution in [0, 0.1) is 12.7 Å². The van der Waals surface area contributed by atoms with Crippen LogP contribution in [0.2, 0.25) is 0 Å². The van der Waals surface area contributed by atoms with Crippen LogP contribution in [0.25, 0.3) is 21.7 Å². The Hall–Kier alpha value is -3.58. The molecule has 156 valence electrons. The van der Waals surface area contributed by atoms with E-state index < -0.39 is 6.04 Å². The molecule has 0 radical (unpaired) electrons. The van der Waals surface area contributed by atoms with Gasteiger partial charge in [0.2, 0.25) is 0 Å². The van der Waals surface area contributed by atoms with Gasteiger partial charge in [0, 0.05) is 40.8 Å². The number of nitrogens with one attached hydrogen (secondary N) is 1. The zero-order valence-corrected chi connectivity index (χ0v) is 17.1. The highest BCUT2D eigenvalue weighted by Crippen LogP contribution is 2.34. The third kappa shape index (κ3) is 3.18. The van der Waals surface area contributed by atoms with Gasteiger partial charge in [0.05, 0.1) is 24.8 Å². The van der Waals surface area contributed by atoms with Crippen LogP contribution >= 0.6 is 0 Å². The average molecular weight is 417 g/mol. The minimum Gasteiger partial charge on any atom is -0.373 e. The number of likely N-dealkylation sites (N-methyl/N-ethyl adjacent to an activating group) is 1. The van der Waals surface area contributed by atoms with Crippen LogP contribution in [-0.2, 0) is 11.3 Å². The second kappa shape index (κ2) is 7.28. The maximum Gasteiger partial charge on any atom is 0.256 e. The number of amides is 1. The standard InChI is InChI=1S/C24H20FN3O3/c1-13-8-17-16(10-18(13)25)22-20(27-23(17)29)11-31-12-21(22)28(2)24(30)15-5-6-19-14(9-15)4-3-7-26-19/h3-10,21H,11-12H2,1-2H3,(H,27,29). The summed E-state index contributed by atoms with van der Waals surface area (Å²) in [6.07, 6.45) is 1.71. The molecule has 0 saturated carbocycles. The molecule has 1 amide bonds. The minimum absolute atomic E-state index is 0.195. The van der Waals surface area contributed by atoms with E-state index in [4.69, 9.17) is 4.74 Å². The molecule has 2 aromatic carbocycles. The van der Waals surface area contributed by atoms with Crippen molar-refractivity contribution >= 4 is 27.6 Å². The number of ether oxygens (including phenoxy) is 1. The van der Waals surface area contributed by atoms with E-state index in [2.05, 4.69) is 9.97 Å². The molecule has 1 unspecified atom stereocenters. The van der Waals surface area contributed by atoms with Gasteiger partial charge in [-0.25, -0.2) is 4.39 Å². The maximum atomic E-state index is 14.4. The fourth-order valence-corrected chi connectivity index (χ4v) is 4.24. The number of hydrogen-bond acceptors (Lipinski definition) is 4. The smallest absolute Gasteiger partial charge is 0.256 e. The predicted molar refractivity (Wildman–Crippen MR) is 115 cm³/mol. The number of fused-ring (bicyclic) bond motifs is 4. The van der Waals surface area contributed by atoms with Gasteiger partial charge in [-0.3, -0.25) is 14.6 Å². The number of carbonyl (C=O) groups excluding carboxylic acids is 1. The number of H-pyrrole nitrogens is 1. The third-order valence-electron chi connectivity index (χ3n) is 5.92. The highest BCUT2D eigenvalue weighted by atomic mass is 19.1. The number of hydrogen-bond donors (Lipinski definition) is 1. The van der Waals surface area contributed by atoms with Crippen molar-refractivity contribution in [2.45, 2.75) is 19.6 Å². The molecular formula is C24H20FN3O3. The number of nitrogens with zero attached hydrogens (tertiary/aromatic N) is 2. The number of rotatable bonds is 2. The summed E-state index contributed by atoms with van der Waals surface area (Å²) in [4.78, 5) is 34.6. The van der Waals surface area contributed by atoms with E-state index in [0.29, 0.717) is 27.6 Å². The van der Waals surface area contributed by atoms with E-state index in [-0.39, 0.29) is 30.5 Å². The fourth-order valence-electron chi connectivity index (χ4n) is 4.24. The monoisotopic (exact) mass is 417 g/mol. The number of aromatic amines is 1. The van der Waals surface area contributed by atoms with Gasteiger partial charge in [0.25, 0.3) is 11.5 Å². The van der Waals surface area contributed by atoms with Crippen LogP contribution in [0.15, 0.2) is 53.5 Å². The summed E-state index contributed by atoms with van der Waals surface area (Å²) < 4.78 is 20.1. The molecule has 1 aliphatic rings. The Kier molecular flexibility index (Phi) is 4.55. The van der Waals surface area contributed by atoms with Crippen LogP contribution in [-0.4, -0.2) is 34.4 Å². The zero-order chi connectivity index (χ0) is 21.7. The zero-order valence-electron chi connectivity index (χ0n) is 17.1. The highest BCUT2D eigenvalue weighted by Gasteiger charge is 2.31. The maximum absolute atomic E-state index is 14.4. The van der Waals surface area contributed by atoms with Crippen LogP contribution < -0.4 is 5.56 Å². The normalized spacial score (nSPS) is 15.8. The van der Waals surface area contributed by atoms with Crippen molar-refractivity contribution in [3.8, 4) is 0 Å². The molecular weight excluding hydrogens is 397 g/mol. The lowest BCUT2D eigenvalue weighted by molar-refractivity contribution is 0.0336. The molecule has 0 spiro atoms. The largest absolute Gasteiger partial charge is 0.373 e. The van der Waals surface area contributed by atoms with Crippen molar-refractivity contribution in [3.63, 3.8) is 0 Å². The van der Waals surface area contributed by atoms with Gasteiger partial charge in [-0.15, -0.1) is 0 Å². The molecule has 4 aromatic rings. The van der Waals surface area contributed by atoms with E-state index in [1.165, 1.54) is 6.07 Å². The van der Waals surface area contributed by atoms with E-state index in [1.54, 1.807) is 43.3 Å². The van der Waals surface area contributed by atoms with Crippen molar-refractivity contribution in [1.29, 1.82) is 0 Å². The van der Waals surface area contributed by atoms with Gasteiger partial charge >= 0.3 is 0 Å². The third-order valence-corrected chi connectivity index (χ3v) is 5.92. The molecule has 1 atom stereocenters. The van der Waals surface area contributed by atoms with Crippen molar-refractivity contribution in [3.05, 3.63) is 87.2 Å². The van der Waals surface area contributed by atoms with Crippen molar-refractivity contribution < 1.29 is 13.9 Å². The van der Waals surface area contributed by atoms with Crippen molar-refractivity contribution in [2.75, 3.05) is 13.7 Å². The minimum atomic E-state index is -0.470. The molecule has 31 heavy (non-hydrogen) atoms. The summed E-state index contributed by atoms with van der Waals surface area (Å²) in [7, 11) is 1.69. The summed E-state index contributed by atoms with van der Waals surface area (Å²) in [5.74, 6) is -0.583. The number of carbonyl (C=O) groups is 1. The van der Waals surface area contributed by atoms with Gasteiger partial charge < -0.3 is 14.6 Å².